The van der Waals surface area contributed by atoms with E-state index in [0.29, 0.717) is 16.2 Å². The van der Waals surface area contributed by atoms with Crippen molar-refractivity contribution < 1.29 is 14.3 Å². The zero-order valence-electron chi connectivity index (χ0n) is 14.3. The Bertz CT molecular complexity index is 954. The fraction of sp³-hybridized carbons (Fsp3) is 0.0952. The van der Waals surface area contributed by atoms with E-state index >= 15 is 0 Å². The molecule has 27 heavy (non-hydrogen) atoms. The van der Waals surface area contributed by atoms with Crippen LogP contribution in [0.15, 0.2) is 81.4 Å². The summed E-state index contributed by atoms with van der Waals surface area (Å²) < 4.78 is 5.42. The van der Waals surface area contributed by atoms with Crippen molar-refractivity contribution in [2.24, 2.45) is 0 Å². The summed E-state index contributed by atoms with van der Waals surface area (Å²) in [7, 11) is 0. The fourth-order valence-electron chi connectivity index (χ4n) is 2.88. The molecular formula is C21H17NO3S2. The number of aliphatic hydroxyl groups is 1. The molecule has 4 nitrogen and oxygen atoms in total. The lowest BCUT2D eigenvalue weighted by Gasteiger charge is -2.25. The highest BCUT2D eigenvalue weighted by Gasteiger charge is 2.36. The molecule has 1 aromatic carbocycles. The van der Waals surface area contributed by atoms with E-state index in [2.05, 4.69) is 10.7 Å². The maximum atomic E-state index is 12.6. The van der Waals surface area contributed by atoms with Crippen LogP contribution in [0.25, 0.3) is 11.1 Å². The lowest BCUT2D eigenvalue weighted by molar-refractivity contribution is 0.0554. The second-order valence-corrected chi connectivity index (χ2v) is 7.81. The van der Waals surface area contributed by atoms with Crippen LogP contribution in [0.5, 0.6) is 0 Å². The maximum absolute atomic E-state index is 12.6. The number of carbonyl (C=O) groups is 1. The highest BCUT2D eigenvalue weighted by atomic mass is 32.1. The Hall–Kier alpha value is -2.67. The van der Waals surface area contributed by atoms with Gasteiger partial charge >= 0.3 is 0 Å². The molecule has 0 aliphatic rings. The third-order valence-electron chi connectivity index (χ3n) is 4.36. The number of rotatable bonds is 6. The van der Waals surface area contributed by atoms with E-state index in [9.17, 15) is 9.90 Å². The van der Waals surface area contributed by atoms with Crippen molar-refractivity contribution in [1.82, 2.24) is 5.32 Å². The van der Waals surface area contributed by atoms with Crippen LogP contribution in [0.1, 0.15) is 21.0 Å². The number of carbonyl (C=O) groups excluding carboxylic acids is 1. The monoisotopic (exact) mass is 395 g/mol. The fourth-order valence-corrected chi connectivity index (χ4v) is 4.37. The first kappa shape index (κ1) is 17.7. The molecule has 3 aromatic heterocycles. The Balaban J connectivity index is 1.50. The lowest BCUT2D eigenvalue weighted by Crippen LogP contribution is -2.41. The number of hydrogen-bond acceptors (Lipinski definition) is 5. The highest BCUT2D eigenvalue weighted by molar-refractivity contribution is 7.10. The van der Waals surface area contributed by atoms with Crippen molar-refractivity contribution in [3.63, 3.8) is 0 Å². The second kappa shape index (κ2) is 7.52. The Morgan fingerprint density at radius 3 is 2.52 bits per heavy atom. The van der Waals surface area contributed by atoms with Gasteiger partial charge in [0.15, 0.2) is 5.60 Å². The number of hydrogen-bond donors (Lipinski definition) is 2. The van der Waals surface area contributed by atoms with Gasteiger partial charge in [-0.2, -0.15) is 11.3 Å². The summed E-state index contributed by atoms with van der Waals surface area (Å²) in [6, 6.07) is 16.6. The van der Waals surface area contributed by atoms with Gasteiger partial charge in [-0.1, -0.05) is 18.2 Å². The van der Waals surface area contributed by atoms with E-state index < -0.39 is 5.60 Å². The molecule has 0 unspecified atom stereocenters. The van der Waals surface area contributed by atoms with Crippen LogP contribution in [-0.4, -0.2) is 17.6 Å². The van der Waals surface area contributed by atoms with Gasteiger partial charge in [-0.05, 0) is 63.7 Å². The topological polar surface area (TPSA) is 62.5 Å². The summed E-state index contributed by atoms with van der Waals surface area (Å²) in [5.74, 6) is 0.159. The van der Waals surface area contributed by atoms with Crippen LogP contribution in [0.2, 0.25) is 0 Å². The highest BCUT2D eigenvalue weighted by Crippen LogP contribution is 2.32. The smallest absolute Gasteiger partial charge is 0.251 e. The number of nitrogens with one attached hydrogen (secondary N) is 1. The molecule has 0 fully saturated rings. The average Bonchev–Trinajstić information content (AvgIpc) is 3.47. The van der Waals surface area contributed by atoms with E-state index in [0.717, 1.165) is 11.1 Å². The zero-order valence-corrected chi connectivity index (χ0v) is 15.9. The first-order valence-electron chi connectivity index (χ1n) is 8.38. The first-order chi connectivity index (χ1) is 13.2. The van der Waals surface area contributed by atoms with Crippen LogP contribution in [0, 0.1) is 0 Å². The van der Waals surface area contributed by atoms with Crippen molar-refractivity contribution in [2.45, 2.75) is 5.60 Å². The van der Waals surface area contributed by atoms with E-state index in [-0.39, 0.29) is 12.5 Å². The van der Waals surface area contributed by atoms with Gasteiger partial charge in [-0.15, -0.1) is 11.3 Å². The molecule has 0 saturated carbocycles. The molecule has 6 heteroatoms. The van der Waals surface area contributed by atoms with Gasteiger partial charge in [0.1, 0.15) is 5.76 Å². The van der Waals surface area contributed by atoms with Crippen molar-refractivity contribution in [3.8, 4) is 11.1 Å². The van der Waals surface area contributed by atoms with Gasteiger partial charge in [0, 0.05) is 10.4 Å². The molecule has 4 aromatic rings. The molecule has 1 atom stereocenters. The van der Waals surface area contributed by atoms with Gasteiger partial charge in [0.25, 0.3) is 5.91 Å². The van der Waals surface area contributed by atoms with Gasteiger partial charge in [-0.25, -0.2) is 0 Å². The Morgan fingerprint density at radius 1 is 1.04 bits per heavy atom. The number of thiophene rings is 2. The van der Waals surface area contributed by atoms with Gasteiger partial charge in [0.2, 0.25) is 0 Å². The number of benzene rings is 1. The van der Waals surface area contributed by atoms with E-state index in [1.165, 1.54) is 17.6 Å². The molecule has 0 aliphatic carbocycles. The standard InChI is InChI=1S/C21H17NO3S2/c23-20(16-7-5-15(6-8-16)17-9-12-26-13-17)22-14-21(24,18-3-1-10-25-18)19-4-2-11-27-19/h1-13,24H,14H2,(H,22,23)/t21-/m0/s1. The van der Waals surface area contributed by atoms with E-state index in [4.69, 9.17) is 4.42 Å². The average molecular weight is 396 g/mol. The third kappa shape index (κ3) is 3.60. The van der Waals surface area contributed by atoms with Crippen LogP contribution in [-0.2, 0) is 5.60 Å². The Labute approximate surface area is 164 Å². The molecular weight excluding hydrogens is 378 g/mol. The molecule has 3 heterocycles. The molecule has 1 amide bonds. The quantitative estimate of drug-likeness (QED) is 0.496. The predicted octanol–water partition coefficient (Wildman–Crippen LogP) is 4.74. The molecule has 136 valence electrons. The van der Waals surface area contributed by atoms with Gasteiger partial charge < -0.3 is 14.8 Å². The number of amides is 1. The van der Waals surface area contributed by atoms with Crippen LogP contribution in [0.4, 0.5) is 0 Å². The predicted molar refractivity (Wildman–Crippen MR) is 108 cm³/mol. The maximum Gasteiger partial charge on any atom is 0.251 e. The van der Waals surface area contributed by atoms with Gasteiger partial charge in [-0.3, -0.25) is 4.79 Å². The SMILES string of the molecule is O=C(NC[C@](O)(c1ccco1)c1cccs1)c1ccc(-c2ccsc2)cc1. The van der Waals surface area contributed by atoms with Crippen LogP contribution in [0.3, 0.4) is 0 Å². The normalized spacial score (nSPS) is 13.2. The molecule has 2 N–H and O–H groups in total. The van der Waals surface area contributed by atoms with E-state index in [1.54, 1.807) is 35.6 Å². The minimum absolute atomic E-state index is 0.0200. The summed E-state index contributed by atoms with van der Waals surface area (Å²) in [6.45, 7) is 0.0200. The second-order valence-electron chi connectivity index (χ2n) is 6.09. The summed E-state index contributed by atoms with van der Waals surface area (Å²) in [6.07, 6.45) is 1.51. The van der Waals surface area contributed by atoms with Crippen molar-refractivity contribution >= 4 is 28.6 Å². The molecule has 0 radical (unpaired) electrons. The Kier molecular flexibility index (Phi) is 4.94. The zero-order chi connectivity index (χ0) is 18.7. The molecule has 4 rings (SSSR count). The van der Waals surface area contributed by atoms with Crippen molar-refractivity contribution in [1.29, 1.82) is 0 Å². The first-order valence-corrected chi connectivity index (χ1v) is 10.2. The van der Waals surface area contributed by atoms with Gasteiger partial charge in [0.05, 0.1) is 12.8 Å². The van der Waals surface area contributed by atoms with Crippen LogP contribution < -0.4 is 5.32 Å². The largest absolute Gasteiger partial charge is 0.466 e. The van der Waals surface area contributed by atoms with E-state index in [1.807, 2.05) is 41.1 Å². The Morgan fingerprint density at radius 2 is 1.89 bits per heavy atom. The summed E-state index contributed by atoms with van der Waals surface area (Å²) in [5.41, 5.74) is 1.35. The number of furan rings is 1. The molecule has 0 spiro atoms. The minimum Gasteiger partial charge on any atom is -0.466 e. The molecule has 0 aliphatic heterocycles. The third-order valence-corrected chi connectivity index (χ3v) is 6.07. The van der Waals surface area contributed by atoms with Crippen molar-refractivity contribution in [3.05, 3.63) is 93.2 Å². The summed E-state index contributed by atoms with van der Waals surface area (Å²) >= 11 is 3.05. The van der Waals surface area contributed by atoms with Crippen LogP contribution >= 0.6 is 22.7 Å². The minimum atomic E-state index is -1.40. The molecule has 0 bridgehead atoms. The van der Waals surface area contributed by atoms with Crippen molar-refractivity contribution in [2.75, 3.05) is 6.54 Å². The lowest BCUT2D eigenvalue weighted by atomic mass is 9.98. The summed E-state index contributed by atoms with van der Waals surface area (Å²) in [4.78, 5) is 13.3. The summed E-state index contributed by atoms with van der Waals surface area (Å²) in [5, 5.41) is 20.0. The molecule has 0 saturated heterocycles.